The number of nitrogens with two attached hydrogens (primary N) is 1. The Labute approximate surface area is 140 Å². The highest BCUT2D eigenvalue weighted by Crippen LogP contribution is 2.33. The van der Waals surface area contributed by atoms with Crippen molar-refractivity contribution in [1.82, 2.24) is 20.2 Å². The van der Waals surface area contributed by atoms with E-state index in [1.54, 1.807) is 0 Å². The van der Waals surface area contributed by atoms with Gasteiger partial charge in [0.15, 0.2) is 15.7 Å². The number of hydrogen-bond donors (Lipinski definition) is 3. The molecule has 0 aliphatic rings. The molecule has 0 radical (unpaired) electrons. The predicted molar refractivity (Wildman–Crippen MR) is 82.2 cm³/mol. The molecule has 1 heterocycles. The van der Waals surface area contributed by atoms with E-state index in [1.807, 2.05) is 5.43 Å². The number of aliphatic hydroxyl groups is 1. The van der Waals surface area contributed by atoms with Crippen molar-refractivity contribution in [2.45, 2.75) is 17.3 Å². The summed E-state index contributed by atoms with van der Waals surface area (Å²) < 4.78 is 63.4. The summed E-state index contributed by atoms with van der Waals surface area (Å²) in [5.74, 6) is 4.87. The zero-order valence-corrected chi connectivity index (χ0v) is 13.6. The van der Waals surface area contributed by atoms with Gasteiger partial charge in [0, 0.05) is 18.0 Å². The molecular formula is C13H14F3N5O3S. The molecule has 4 N–H and O–H groups in total. The van der Waals surface area contributed by atoms with Crippen LogP contribution in [-0.4, -0.2) is 40.8 Å². The Morgan fingerprint density at radius 1 is 1.36 bits per heavy atom. The molecule has 0 amide bonds. The maximum absolute atomic E-state index is 13.0. The monoisotopic (exact) mass is 377 g/mol. The number of sulfone groups is 1. The highest BCUT2D eigenvalue weighted by atomic mass is 32.2. The van der Waals surface area contributed by atoms with Crippen LogP contribution in [0.1, 0.15) is 5.56 Å². The van der Waals surface area contributed by atoms with Gasteiger partial charge in [0.05, 0.1) is 10.5 Å². The van der Waals surface area contributed by atoms with E-state index in [0.29, 0.717) is 6.07 Å². The number of benzene rings is 1. The van der Waals surface area contributed by atoms with Crippen molar-refractivity contribution in [2.75, 3.05) is 6.26 Å². The number of nitrogens with one attached hydrogen (secondary N) is 1. The van der Waals surface area contributed by atoms with Gasteiger partial charge in [-0.15, -0.1) is 5.10 Å². The predicted octanol–water partition coefficient (Wildman–Crippen LogP) is 0.620. The second-order valence-electron chi connectivity index (χ2n) is 5.02. The third kappa shape index (κ3) is 4.85. The number of alkyl halides is 3. The van der Waals surface area contributed by atoms with Crippen molar-refractivity contribution < 1.29 is 26.7 Å². The summed E-state index contributed by atoms with van der Waals surface area (Å²) in [6.45, 7) is 0. The van der Waals surface area contributed by atoms with Crippen LogP contribution in [0.2, 0.25) is 0 Å². The lowest BCUT2D eigenvalue weighted by atomic mass is 10.1. The first-order valence-electron chi connectivity index (χ1n) is 6.67. The van der Waals surface area contributed by atoms with Crippen molar-refractivity contribution >= 4 is 16.0 Å². The third-order valence-electron chi connectivity index (χ3n) is 3.02. The molecule has 1 aromatic carbocycles. The van der Waals surface area contributed by atoms with Crippen LogP contribution in [0.3, 0.4) is 0 Å². The largest absolute Gasteiger partial charge is 0.416 e. The average molecular weight is 377 g/mol. The fourth-order valence-electron chi connectivity index (χ4n) is 1.81. The number of aromatic nitrogens is 3. The molecule has 0 spiro atoms. The molecule has 8 nitrogen and oxygen atoms in total. The van der Waals surface area contributed by atoms with E-state index in [2.05, 4.69) is 10.1 Å². The van der Waals surface area contributed by atoms with Gasteiger partial charge in [0.25, 0.3) is 0 Å². The highest BCUT2D eigenvalue weighted by Gasteiger charge is 2.32. The van der Waals surface area contributed by atoms with Gasteiger partial charge in [0.2, 0.25) is 0 Å². The van der Waals surface area contributed by atoms with Crippen LogP contribution < -0.4 is 11.3 Å². The SMILES string of the molecule is CS(=O)(=O)c1cc(-c2ncn(C=CC(O)NN)n2)cc(C(F)(F)F)c1. The van der Waals surface area contributed by atoms with E-state index in [9.17, 15) is 26.7 Å². The van der Waals surface area contributed by atoms with Gasteiger partial charge in [-0.2, -0.15) is 13.2 Å². The number of hydrazine groups is 1. The van der Waals surface area contributed by atoms with Crippen molar-refractivity contribution in [2.24, 2.45) is 5.84 Å². The Balaban J connectivity index is 2.49. The van der Waals surface area contributed by atoms with Gasteiger partial charge in [-0.25, -0.2) is 23.5 Å². The number of aliphatic hydroxyl groups excluding tert-OH is 1. The summed E-state index contributed by atoms with van der Waals surface area (Å²) in [6.07, 6.45) is -1.41. The zero-order chi connectivity index (χ0) is 18.8. The second-order valence-corrected chi connectivity index (χ2v) is 7.03. The Morgan fingerprint density at radius 3 is 2.60 bits per heavy atom. The average Bonchev–Trinajstić information content (AvgIpc) is 2.99. The Bertz CT molecular complexity index is 893. The quantitative estimate of drug-likeness (QED) is 0.396. The number of hydrogen-bond acceptors (Lipinski definition) is 7. The first-order chi connectivity index (χ1) is 11.5. The molecule has 25 heavy (non-hydrogen) atoms. The summed E-state index contributed by atoms with van der Waals surface area (Å²) in [5.41, 5.74) is 0.801. The molecule has 0 aliphatic heterocycles. The molecule has 2 aromatic rings. The number of rotatable bonds is 5. The van der Waals surface area contributed by atoms with E-state index in [0.717, 1.165) is 23.1 Å². The molecule has 0 saturated carbocycles. The molecule has 0 aliphatic carbocycles. The van der Waals surface area contributed by atoms with E-state index in [4.69, 9.17) is 5.84 Å². The third-order valence-corrected chi connectivity index (χ3v) is 4.11. The second kappa shape index (κ2) is 6.92. The topological polar surface area (TPSA) is 123 Å². The van der Waals surface area contributed by atoms with Gasteiger partial charge in [0.1, 0.15) is 12.6 Å². The van der Waals surface area contributed by atoms with Gasteiger partial charge in [-0.3, -0.25) is 5.84 Å². The smallest absolute Gasteiger partial charge is 0.374 e. The van der Waals surface area contributed by atoms with Crippen LogP contribution in [0.25, 0.3) is 17.6 Å². The Kier molecular flexibility index (Phi) is 5.27. The minimum Gasteiger partial charge on any atom is -0.374 e. The van der Waals surface area contributed by atoms with Gasteiger partial charge in [-0.05, 0) is 24.3 Å². The molecule has 1 atom stereocenters. The number of nitrogens with zero attached hydrogens (tertiary/aromatic N) is 3. The molecule has 0 saturated heterocycles. The first-order valence-corrected chi connectivity index (χ1v) is 8.56. The van der Waals surface area contributed by atoms with Gasteiger partial charge >= 0.3 is 6.18 Å². The fourth-order valence-corrected chi connectivity index (χ4v) is 2.49. The first kappa shape index (κ1) is 19.1. The molecule has 136 valence electrons. The van der Waals surface area contributed by atoms with Crippen molar-refractivity contribution in [3.8, 4) is 11.4 Å². The van der Waals surface area contributed by atoms with E-state index >= 15 is 0 Å². The van der Waals surface area contributed by atoms with Crippen molar-refractivity contribution in [3.05, 3.63) is 36.2 Å². The van der Waals surface area contributed by atoms with Crippen LogP contribution in [0.4, 0.5) is 13.2 Å². The lowest BCUT2D eigenvalue weighted by Crippen LogP contribution is -2.32. The Hall–Kier alpha value is -2.28. The molecule has 1 unspecified atom stereocenters. The normalized spacial score (nSPS) is 14.2. The van der Waals surface area contributed by atoms with Gasteiger partial charge in [-0.1, -0.05) is 0 Å². The minimum atomic E-state index is -4.73. The van der Waals surface area contributed by atoms with Crippen molar-refractivity contribution in [3.63, 3.8) is 0 Å². The highest BCUT2D eigenvalue weighted by molar-refractivity contribution is 7.90. The maximum atomic E-state index is 13.0. The van der Waals surface area contributed by atoms with E-state index < -0.39 is 32.7 Å². The lowest BCUT2D eigenvalue weighted by Gasteiger charge is -2.10. The molecular weight excluding hydrogens is 363 g/mol. The summed E-state index contributed by atoms with van der Waals surface area (Å²) >= 11 is 0. The maximum Gasteiger partial charge on any atom is 0.416 e. The summed E-state index contributed by atoms with van der Waals surface area (Å²) in [6, 6.07) is 2.37. The van der Waals surface area contributed by atoms with E-state index in [-0.39, 0.29) is 11.4 Å². The van der Waals surface area contributed by atoms with Crippen LogP contribution in [0, 0.1) is 0 Å². The molecule has 2 rings (SSSR count). The molecule has 1 aromatic heterocycles. The molecule has 0 fully saturated rings. The van der Waals surface area contributed by atoms with Crippen LogP contribution in [0.5, 0.6) is 0 Å². The standard InChI is InChI=1S/C13H14F3N5O3S/c1-25(23,24)10-5-8(4-9(6-10)13(14,15)16)12-18-7-21(20-12)3-2-11(22)19-17/h2-7,11,19,22H,17H2,1H3. The summed E-state index contributed by atoms with van der Waals surface area (Å²) in [7, 11) is -3.87. The number of halogens is 3. The molecule has 0 bridgehead atoms. The van der Waals surface area contributed by atoms with Crippen molar-refractivity contribution in [1.29, 1.82) is 0 Å². The minimum absolute atomic E-state index is 0.111. The zero-order valence-electron chi connectivity index (χ0n) is 12.8. The van der Waals surface area contributed by atoms with Crippen LogP contribution >= 0.6 is 0 Å². The van der Waals surface area contributed by atoms with E-state index in [1.165, 1.54) is 18.6 Å². The molecule has 12 heteroatoms. The summed E-state index contributed by atoms with van der Waals surface area (Å²) in [5, 5.41) is 13.1. The van der Waals surface area contributed by atoms with Crippen LogP contribution in [-0.2, 0) is 16.0 Å². The van der Waals surface area contributed by atoms with Crippen LogP contribution in [0.15, 0.2) is 35.5 Å². The Morgan fingerprint density at radius 2 is 2.04 bits per heavy atom. The lowest BCUT2D eigenvalue weighted by molar-refractivity contribution is -0.137. The van der Waals surface area contributed by atoms with Gasteiger partial charge < -0.3 is 5.11 Å². The fraction of sp³-hybridized carbons (Fsp3) is 0.231. The summed E-state index contributed by atoms with van der Waals surface area (Å²) in [4.78, 5) is 3.35.